The lowest BCUT2D eigenvalue weighted by Crippen LogP contribution is -2.07. The summed E-state index contributed by atoms with van der Waals surface area (Å²) in [7, 11) is 0. The minimum absolute atomic E-state index is 0.0637. The Hall–Kier alpha value is -1.45. The monoisotopic (exact) mass is 305 g/mol. The van der Waals surface area contributed by atoms with E-state index in [1.54, 1.807) is 11.8 Å². The number of aryl methyl sites for hydroxylation is 1. The minimum atomic E-state index is -0.0637. The van der Waals surface area contributed by atoms with E-state index in [0.717, 1.165) is 20.5 Å². The third-order valence-electron chi connectivity index (χ3n) is 3.02. The molecular formula is C16H16ClNOS. The summed E-state index contributed by atoms with van der Waals surface area (Å²) >= 11 is 7.54. The van der Waals surface area contributed by atoms with Crippen LogP contribution in [-0.2, 0) is 4.79 Å². The summed E-state index contributed by atoms with van der Waals surface area (Å²) in [6.07, 6.45) is 0. The maximum Gasteiger partial charge on any atom is 0.221 e. The van der Waals surface area contributed by atoms with Gasteiger partial charge in [-0.15, -0.1) is 0 Å². The number of hydrogen-bond donors (Lipinski definition) is 1. The van der Waals surface area contributed by atoms with Crippen LogP contribution >= 0.6 is 23.4 Å². The molecule has 2 aromatic rings. The molecule has 2 aromatic carbocycles. The van der Waals surface area contributed by atoms with Gasteiger partial charge in [-0.2, -0.15) is 0 Å². The predicted molar refractivity (Wildman–Crippen MR) is 85.8 cm³/mol. The summed E-state index contributed by atoms with van der Waals surface area (Å²) in [6, 6.07) is 11.7. The van der Waals surface area contributed by atoms with Crippen LogP contribution in [0, 0.1) is 13.8 Å². The Morgan fingerprint density at radius 2 is 1.75 bits per heavy atom. The third-order valence-corrected chi connectivity index (χ3v) is 4.51. The summed E-state index contributed by atoms with van der Waals surface area (Å²) in [5.74, 6) is -0.0637. The third kappa shape index (κ3) is 3.56. The Kier molecular flexibility index (Phi) is 4.73. The largest absolute Gasteiger partial charge is 0.325 e. The van der Waals surface area contributed by atoms with Crippen LogP contribution in [0.25, 0.3) is 0 Å². The van der Waals surface area contributed by atoms with Gasteiger partial charge in [0.25, 0.3) is 0 Å². The van der Waals surface area contributed by atoms with Gasteiger partial charge in [-0.1, -0.05) is 29.4 Å². The van der Waals surface area contributed by atoms with Crippen LogP contribution < -0.4 is 5.32 Å². The molecule has 4 heteroatoms. The molecule has 0 heterocycles. The van der Waals surface area contributed by atoms with Gasteiger partial charge < -0.3 is 5.32 Å². The molecule has 1 amide bonds. The average Bonchev–Trinajstić information content (AvgIpc) is 2.40. The number of halogens is 1. The van der Waals surface area contributed by atoms with Crippen LogP contribution in [-0.4, -0.2) is 5.91 Å². The summed E-state index contributed by atoms with van der Waals surface area (Å²) < 4.78 is 0. The highest BCUT2D eigenvalue weighted by atomic mass is 35.5. The van der Waals surface area contributed by atoms with Crippen molar-refractivity contribution in [1.82, 2.24) is 0 Å². The van der Waals surface area contributed by atoms with Crippen molar-refractivity contribution in [1.29, 1.82) is 0 Å². The molecule has 0 spiro atoms. The van der Waals surface area contributed by atoms with Gasteiger partial charge in [-0.05, 0) is 55.3 Å². The van der Waals surface area contributed by atoms with Crippen molar-refractivity contribution in [2.75, 3.05) is 5.32 Å². The summed E-state index contributed by atoms with van der Waals surface area (Å²) in [5, 5.41) is 3.61. The van der Waals surface area contributed by atoms with Gasteiger partial charge in [0.2, 0.25) is 5.91 Å². The molecule has 0 unspecified atom stereocenters. The predicted octanol–water partition coefficient (Wildman–Crippen LogP) is 5.07. The van der Waals surface area contributed by atoms with E-state index in [9.17, 15) is 4.79 Å². The number of rotatable bonds is 3. The summed E-state index contributed by atoms with van der Waals surface area (Å²) in [5.41, 5.74) is 3.23. The second-order valence-corrected chi connectivity index (χ2v) is 6.14. The van der Waals surface area contributed by atoms with Gasteiger partial charge in [0.15, 0.2) is 0 Å². The first-order valence-corrected chi connectivity index (χ1v) is 7.48. The van der Waals surface area contributed by atoms with E-state index in [1.165, 1.54) is 18.1 Å². The van der Waals surface area contributed by atoms with Crippen LogP contribution in [0.3, 0.4) is 0 Å². The van der Waals surface area contributed by atoms with Crippen LogP contribution in [0.1, 0.15) is 18.1 Å². The maximum absolute atomic E-state index is 11.3. The van der Waals surface area contributed by atoms with Crippen LogP contribution in [0.4, 0.5) is 5.69 Å². The van der Waals surface area contributed by atoms with E-state index in [2.05, 4.69) is 19.2 Å². The molecule has 0 aliphatic heterocycles. The standard InChI is InChI=1S/C16H16ClNOS/c1-10-4-9-15(18-12(3)19)16(11(10)2)20-14-7-5-13(17)6-8-14/h4-9H,1-3H3,(H,18,19). The lowest BCUT2D eigenvalue weighted by molar-refractivity contribution is -0.114. The molecule has 0 aliphatic carbocycles. The fraction of sp³-hybridized carbons (Fsp3) is 0.188. The van der Waals surface area contributed by atoms with Gasteiger partial charge in [-0.3, -0.25) is 4.79 Å². The molecule has 0 saturated carbocycles. The van der Waals surface area contributed by atoms with Crippen molar-refractivity contribution in [3.8, 4) is 0 Å². The smallest absolute Gasteiger partial charge is 0.221 e. The Morgan fingerprint density at radius 3 is 2.35 bits per heavy atom. The molecule has 20 heavy (non-hydrogen) atoms. The number of benzene rings is 2. The van der Waals surface area contributed by atoms with Gasteiger partial charge >= 0.3 is 0 Å². The lowest BCUT2D eigenvalue weighted by atomic mass is 10.1. The van der Waals surface area contributed by atoms with Gasteiger partial charge in [-0.25, -0.2) is 0 Å². The topological polar surface area (TPSA) is 29.1 Å². The Bertz CT molecular complexity index is 638. The molecule has 2 rings (SSSR count). The number of hydrogen-bond acceptors (Lipinski definition) is 2. The van der Waals surface area contributed by atoms with Crippen molar-refractivity contribution >= 4 is 35.0 Å². The molecule has 0 atom stereocenters. The summed E-state index contributed by atoms with van der Waals surface area (Å²) in [6.45, 7) is 5.66. The van der Waals surface area contributed by atoms with Gasteiger partial charge in [0.1, 0.15) is 0 Å². The Morgan fingerprint density at radius 1 is 1.10 bits per heavy atom. The number of amides is 1. The lowest BCUT2D eigenvalue weighted by Gasteiger charge is -2.14. The highest BCUT2D eigenvalue weighted by Crippen LogP contribution is 2.37. The van der Waals surface area contributed by atoms with Crippen molar-refractivity contribution in [2.45, 2.75) is 30.6 Å². The normalized spacial score (nSPS) is 10.4. The maximum atomic E-state index is 11.3. The van der Waals surface area contributed by atoms with E-state index >= 15 is 0 Å². The van der Waals surface area contributed by atoms with Crippen molar-refractivity contribution in [2.24, 2.45) is 0 Å². The average molecular weight is 306 g/mol. The van der Waals surface area contributed by atoms with Crippen molar-refractivity contribution in [3.05, 3.63) is 52.5 Å². The van der Waals surface area contributed by atoms with Crippen molar-refractivity contribution < 1.29 is 4.79 Å². The van der Waals surface area contributed by atoms with E-state index < -0.39 is 0 Å². The first-order valence-electron chi connectivity index (χ1n) is 6.28. The first-order chi connectivity index (χ1) is 9.47. The molecule has 1 N–H and O–H groups in total. The zero-order valence-electron chi connectivity index (χ0n) is 11.7. The van der Waals surface area contributed by atoms with E-state index in [1.807, 2.05) is 36.4 Å². The second-order valence-electron chi connectivity index (χ2n) is 4.62. The highest BCUT2D eigenvalue weighted by molar-refractivity contribution is 7.99. The SMILES string of the molecule is CC(=O)Nc1ccc(C)c(C)c1Sc1ccc(Cl)cc1. The van der Waals surface area contributed by atoms with E-state index in [0.29, 0.717) is 0 Å². The fourth-order valence-corrected chi connectivity index (χ4v) is 3.01. The Balaban J connectivity index is 2.40. The molecule has 0 aromatic heterocycles. The molecular weight excluding hydrogens is 290 g/mol. The zero-order chi connectivity index (χ0) is 14.7. The molecule has 0 bridgehead atoms. The summed E-state index contributed by atoms with van der Waals surface area (Å²) in [4.78, 5) is 13.5. The molecule has 2 nitrogen and oxygen atoms in total. The van der Waals surface area contributed by atoms with Crippen LogP contribution in [0.5, 0.6) is 0 Å². The van der Waals surface area contributed by atoms with E-state index in [4.69, 9.17) is 11.6 Å². The van der Waals surface area contributed by atoms with E-state index in [-0.39, 0.29) is 5.91 Å². The zero-order valence-corrected chi connectivity index (χ0v) is 13.2. The Labute approximate surface area is 128 Å². The number of carbonyl (C=O) groups is 1. The molecule has 104 valence electrons. The van der Waals surface area contributed by atoms with Crippen LogP contribution in [0.2, 0.25) is 5.02 Å². The van der Waals surface area contributed by atoms with Crippen LogP contribution in [0.15, 0.2) is 46.2 Å². The highest BCUT2D eigenvalue weighted by Gasteiger charge is 2.11. The quantitative estimate of drug-likeness (QED) is 0.858. The molecule has 0 saturated heterocycles. The molecule has 0 aliphatic rings. The minimum Gasteiger partial charge on any atom is -0.325 e. The van der Waals surface area contributed by atoms with Gasteiger partial charge in [0, 0.05) is 21.7 Å². The molecule has 0 fully saturated rings. The number of nitrogens with one attached hydrogen (secondary N) is 1. The van der Waals surface area contributed by atoms with Gasteiger partial charge in [0.05, 0.1) is 5.69 Å². The number of carbonyl (C=O) groups excluding carboxylic acids is 1. The molecule has 0 radical (unpaired) electrons. The second kappa shape index (κ2) is 6.33. The fourth-order valence-electron chi connectivity index (χ4n) is 1.83. The van der Waals surface area contributed by atoms with Crippen molar-refractivity contribution in [3.63, 3.8) is 0 Å². The number of anilines is 1. The first kappa shape index (κ1) is 14.9.